The molecular formula is C24H33N5O2S. The molecular weight excluding hydrogens is 422 g/mol. The van der Waals surface area contributed by atoms with Gasteiger partial charge < -0.3 is 16.0 Å². The highest BCUT2D eigenvalue weighted by molar-refractivity contribution is 7.89. The molecule has 1 saturated carbocycles. The highest BCUT2D eigenvalue weighted by Gasteiger charge is 2.18. The molecule has 1 heterocycles. The maximum absolute atomic E-state index is 11.7. The summed E-state index contributed by atoms with van der Waals surface area (Å²) in [6.07, 6.45) is 13.2. The van der Waals surface area contributed by atoms with Crippen LogP contribution in [0, 0.1) is 5.41 Å². The van der Waals surface area contributed by atoms with Crippen molar-refractivity contribution in [2.24, 2.45) is 0 Å². The molecule has 0 amide bonds. The Morgan fingerprint density at radius 3 is 2.75 bits per heavy atom. The second kappa shape index (κ2) is 11.8. The van der Waals surface area contributed by atoms with E-state index in [1.54, 1.807) is 24.7 Å². The number of nitrogens with one attached hydrogen (secondary N) is 4. The van der Waals surface area contributed by atoms with E-state index in [1.807, 2.05) is 18.2 Å². The minimum Gasteiger partial charge on any atom is -0.387 e. The Morgan fingerprint density at radius 1 is 1.22 bits per heavy atom. The van der Waals surface area contributed by atoms with E-state index in [4.69, 9.17) is 5.41 Å². The van der Waals surface area contributed by atoms with E-state index in [1.165, 1.54) is 44.7 Å². The molecule has 1 aliphatic carbocycles. The molecule has 0 radical (unpaired) electrons. The van der Waals surface area contributed by atoms with Gasteiger partial charge in [0.2, 0.25) is 10.0 Å². The zero-order valence-corrected chi connectivity index (χ0v) is 19.4. The zero-order chi connectivity index (χ0) is 22.8. The minimum absolute atomic E-state index is 0.0246. The highest BCUT2D eigenvalue weighted by atomic mass is 32.2. The van der Waals surface area contributed by atoms with Gasteiger partial charge in [-0.1, -0.05) is 31.4 Å². The largest absolute Gasteiger partial charge is 0.387 e. The summed E-state index contributed by atoms with van der Waals surface area (Å²) in [5, 5.41) is 15.1. The quantitative estimate of drug-likeness (QED) is 0.386. The molecule has 3 rings (SSSR count). The monoisotopic (exact) mass is 455 g/mol. The summed E-state index contributed by atoms with van der Waals surface area (Å²) in [6.45, 7) is 0.905. The molecule has 2 aromatic rings. The lowest BCUT2D eigenvalue weighted by atomic mass is 9.83. The number of benzene rings is 1. The third-order valence-corrected chi connectivity index (χ3v) is 7.17. The SMILES string of the molecule is CNS(=O)(=O)CCNc1ccc(C2CCCCC2)cc1C(=N)/C=C\NCc1cccnc1. The van der Waals surface area contributed by atoms with Crippen molar-refractivity contribution in [3.63, 3.8) is 0 Å². The number of allylic oxidation sites excluding steroid dienone is 1. The van der Waals surface area contributed by atoms with Crippen LogP contribution in [0.1, 0.15) is 54.7 Å². The fourth-order valence-corrected chi connectivity index (χ4v) is 4.54. The Kier molecular flexibility index (Phi) is 8.81. The van der Waals surface area contributed by atoms with E-state index in [0.717, 1.165) is 16.8 Å². The van der Waals surface area contributed by atoms with E-state index in [0.29, 0.717) is 18.2 Å². The first kappa shape index (κ1) is 23.9. The van der Waals surface area contributed by atoms with Crippen molar-refractivity contribution in [1.82, 2.24) is 15.0 Å². The van der Waals surface area contributed by atoms with Crippen LogP contribution in [-0.4, -0.2) is 38.5 Å². The van der Waals surface area contributed by atoms with Gasteiger partial charge in [-0.2, -0.15) is 0 Å². The van der Waals surface area contributed by atoms with Crippen molar-refractivity contribution in [3.8, 4) is 0 Å². The Hall–Kier alpha value is -2.71. The van der Waals surface area contributed by atoms with Crippen LogP contribution in [0.4, 0.5) is 5.69 Å². The van der Waals surface area contributed by atoms with Gasteiger partial charge >= 0.3 is 0 Å². The first-order valence-corrected chi connectivity index (χ1v) is 12.8. The summed E-state index contributed by atoms with van der Waals surface area (Å²) in [6, 6.07) is 10.1. The molecule has 0 saturated heterocycles. The molecule has 0 bridgehead atoms. The van der Waals surface area contributed by atoms with Gasteiger partial charge in [0.15, 0.2) is 0 Å². The zero-order valence-electron chi connectivity index (χ0n) is 18.6. The Balaban J connectivity index is 1.72. The van der Waals surface area contributed by atoms with E-state index in [9.17, 15) is 8.42 Å². The average Bonchev–Trinajstić information content (AvgIpc) is 2.83. The molecule has 32 heavy (non-hydrogen) atoms. The molecule has 7 nitrogen and oxygen atoms in total. The molecule has 8 heteroatoms. The van der Waals surface area contributed by atoms with Crippen molar-refractivity contribution in [2.45, 2.75) is 44.6 Å². The molecule has 1 fully saturated rings. The number of anilines is 1. The molecule has 4 N–H and O–H groups in total. The highest BCUT2D eigenvalue weighted by Crippen LogP contribution is 2.34. The van der Waals surface area contributed by atoms with Crippen molar-refractivity contribution >= 4 is 21.4 Å². The van der Waals surface area contributed by atoms with Crippen LogP contribution >= 0.6 is 0 Å². The van der Waals surface area contributed by atoms with E-state index < -0.39 is 10.0 Å². The van der Waals surface area contributed by atoms with E-state index in [2.05, 4.69) is 32.5 Å². The van der Waals surface area contributed by atoms with Crippen LogP contribution in [0.25, 0.3) is 0 Å². The van der Waals surface area contributed by atoms with Crippen molar-refractivity contribution in [3.05, 3.63) is 71.7 Å². The fourth-order valence-electron chi connectivity index (χ4n) is 3.96. The Bertz CT molecular complexity index is 1020. The van der Waals surface area contributed by atoms with Crippen molar-refractivity contribution in [1.29, 1.82) is 5.41 Å². The number of aromatic nitrogens is 1. The van der Waals surface area contributed by atoms with Crippen molar-refractivity contribution in [2.75, 3.05) is 24.7 Å². The molecule has 0 aliphatic heterocycles. The molecule has 0 spiro atoms. The van der Waals surface area contributed by atoms with Gasteiger partial charge in [0.25, 0.3) is 0 Å². The van der Waals surface area contributed by atoms with Gasteiger partial charge in [0.1, 0.15) is 0 Å². The molecule has 1 aliphatic rings. The smallest absolute Gasteiger partial charge is 0.213 e. The molecule has 1 aromatic heterocycles. The van der Waals surface area contributed by atoms with Crippen LogP contribution in [0.3, 0.4) is 0 Å². The normalized spacial score (nSPS) is 15.0. The number of sulfonamides is 1. The topological polar surface area (TPSA) is 107 Å². The summed E-state index contributed by atoms with van der Waals surface area (Å²) in [4.78, 5) is 4.10. The van der Waals surface area contributed by atoms with E-state index >= 15 is 0 Å². The summed E-state index contributed by atoms with van der Waals surface area (Å²) in [5.74, 6) is 0.505. The van der Waals surface area contributed by atoms with Gasteiger partial charge in [-0.05, 0) is 67.4 Å². The number of hydrogen-bond acceptors (Lipinski definition) is 6. The van der Waals surface area contributed by atoms with Crippen LogP contribution in [0.15, 0.2) is 55.0 Å². The maximum Gasteiger partial charge on any atom is 0.213 e. The second-order valence-corrected chi connectivity index (χ2v) is 10.1. The first-order valence-electron chi connectivity index (χ1n) is 11.2. The minimum atomic E-state index is -3.29. The second-order valence-electron chi connectivity index (χ2n) is 8.08. The lowest BCUT2D eigenvalue weighted by molar-refractivity contribution is 0.443. The third kappa shape index (κ3) is 7.17. The van der Waals surface area contributed by atoms with Gasteiger partial charge in [-0.3, -0.25) is 4.98 Å². The van der Waals surface area contributed by atoms with Crippen LogP contribution < -0.4 is 15.4 Å². The maximum atomic E-state index is 11.7. The van der Waals surface area contributed by atoms with Crippen LogP contribution in [0.2, 0.25) is 0 Å². The number of nitrogens with zero attached hydrogens (tertiary/aromatic N) is 1. The number of hydrogen-bond donors (Lipinski definition) is 4. The Labute approximate surface area is 191 Å². The predicted octanol–water partition coefficient (Wildman–Crippen LogP) is 3.76. The lowest BCUT2D eigenvalue weighted by Gasteiger charge is -2.23. The number of pyridine rings is 1. The predicted molar refractivity (Wildman–Crippen MR) is 131 cm³/mol. The lowest BCUT2D eigenvalue weighted by Crippen LogP contribution is -2.26. The Morgan fingerprint density at radius 2 is 2.03 bits per heavy atom. The molecule has 1 aromatic carbocycles. The molecule has 0 unspecified atom stereocenters. The summed E-state index contributed by atoms with van der Waals surface area (Å²) in [5.41, 5.74) is 4.26. The van der Waals surface area contributed by atoms with Crippen LogP contribution in [0.5, 0.6) is 0 Å². The molecule has 0 atom stereocenters. The van der Waals surface area contributed by atoms with E-state index in [-0.39, 0.29) is 12.3 Å². The molecule has 172 valence electrons. The van der Waals surface area contributed by atoms with Crippen LogP contribution in [-0.2, 0) is 16.6 Å². The summed E-state index contributed by atoms with van der Waals surface area (Å²) in [7, 11) is -1.87. The number of rotatable bonds is 11. The summed E-state index contributed by atoms with van der Waals surface area (Å²) >= 11 is 0. The standard InChI is InChI=1S/C24H33N5O2S/c1-26-32(30,31)15-14-29-24-10-9-21(20-7-3-2-4-8-20)16-22(24)23(25)11-13-28-18-19-6-5-12-27-17-19/h5-6,9-13,16-17,20,25-26,28-29H,2-4,7-8,14-15,18H2,1H3/b13-11-,25-23?. The van der Waals surface area contributed by atoms with Gasteiger partial charge in [-0.15, -0.1) is 0 Å². The average molecular weight is 456 g/mol. The summed E-state index contributed by atoms with van der Waals surface area (Å²) < 4.78 is 25.8. The van der Waals surface area contributed by atoms with Gasteiger partial charge in [0, 0.05) is 36.7 Å². The van der Waals surface area contributed by atoms with Gasteiger partial charge in [0.05, 0.1) is 11.5 Å². The van der Waals surface area contributed by atoms with Gasteiger partial charge in [-0.25, -0.2) is 13.1 Å². The first-order chi connectivity index (χ1) is 15.5. The third-order valence-electron chi connectivity index (χ3n) is 5.80. The fraction of sp³-hybridized carbons (Fsp3) is 0.417. The van der Waals surface area contributed by atoms with Crippen molar-refractivity contribution < 1.29 is 8.42 Å².